The topological polar surface area (TPSA) is 38.5 Å². The van der Waals surface area contributed by atoms with Crippen molar-refractivity contribution in [2.24, 2.45) is 5.73 Å². The van der Waals surface area contributed by atoms with Crippen molar-refractivity contribution in [1.82, 2.24) is 4.90 Å². The van der Waals surface area contributed by atoms with Gasteiger partial charge in [-0.1, -0.05) is 13.8 Å². The Hall–Kier alpha value is -0.540. The molecule has 1 atom stereocenters. The molecule has 0 aromatic carbocycles. The van der Waals surface area contributed by atoms with Gasteiger partial charge in [-0.05, 0) is 33.0 Å². The quantitative estimate of drug-likeness (QED) is 0.754. The third kappa shape index (κ3) is 2.52. The first kappa shape index (κ1) is 12.5. The zero-order valence-corrected chi connectivity index (χ0v) is 10.4. The lowest BCUT2D eigenvalue weighted by molar-refractivity contribution is 0.0911. The smallest absolute Gasteiger partial charge is 0.111 e. The van der Waals surface area contributed by atoms with Crippen LogP contribution in [-0.4, -0.2) is 36.2 Å². The third-order valence-corrected chi connectivity index (χ3v) is 3.38. The number of nitrogens with zero attached hydrogens (tertiary/aromatic N) is 1. The Labute approximate surface area is 93.3 Å². The monoisotopic (exact) mass is 212 g/mol. The van der Waals surface area contributed by atoms with Gasteiger partial charge in [0.1, 0.15) is 5.76 Å². The molecule has 15 heavy (non-hydrogen) atoms. The van der Waals surface area contributed by atoms with Crippen LogP contribution in [0, 0.1) is 0 Å². The highest BCUT2D eigenvalue weighted by Crippen LogP contribution is 2.25. The highest BCUT2D eigenvalue weighted by Gasteiger charge is 2.35. The van der Waals surface area contributed by atoms with Gasteiger partial charge < -0.3 is 10.5 Å². The summed E-state index contributed by atoms with van der Waals surface area (Å²) in [7, 11) is 0. The Bertz CT molecular complexity index is 232. The number of hydrogen-bond donors (Lipinski definition) is 1. The van der Waals surface area contributed by atoms with Gasteiger partial charge in [0, 0.05) is 12.0 Å². The van der Waals surface area contributed by atoms with E-state index >= 15 is 0 Å². The van der Waals surface area contributed by atoms with Gasteiger partial charge in [0.2, 0.25) is 0 Å². The molecule has 88 valence electrons. The summed E-state index contributed by atoms with van der Waals surface area (Å²) in [6.45, 7) is 11.5. The average molecular weight is 212 g/mol. The second-order valence-electron chi connectivity index (χ2n) is 4.55. The van der Waals surface area contributed by atoms with Crippen molar-refractivity contribution in [3.8, 4) is 0 Å². The van der Waals surface area contributed by atoms with Crippen molar-refractivity contribution < 1.29 is 4.74 Å². The Kier molecular flexibility index (Phi) is 4.17. The van der Waals surface area contributed by atoms with Crippen LogP contribution >= 0.6 is 0 Å². The van der Waals surface area contributed by atoms with Crippen molar-refractivity contribution in [3.05, 3.63) is 11.8 Å². The fourth-order valence-electron chi connectivity index (χ4n) is 2.24. The zero-order valence-electron chi connectivity index (χ0n) is 10.4. The van der Waals surface area contributed by atoms with E-state index in [2.05, 4.69) is 38.7 Å². The zero-order chi connectivity index (χ0) is 11.5. The Morgan fingerprint density at radius 1 is 1.47 bits per heavy atom. The maximum atomic E-state index is 6.27. The largest absolute Gasteiger partial charge is 0.496 e. The summed E-state index contributed by atoms with van der Waals surface area (Å²) >= 11 is 0. The van der Waals surface area contributed by atoms with Crippen molar-refractivity contribution in [1.29, 1.82) is 0 Å². The van der Waals surface area contributed by atoms with Crippen molar-refractivity contribution in [3.63, 3.8) is 0 Å². The molecule has 0 radical (unpaired) electrons. The van der Waals surface area contributed by atoms with E-state index in [1.165, 1.54) is 0 Å². The van der Waals surface area contributed by atoms with Crippen molar-refractivity contribution in [2.45, 2.75) is 45.7 Å². The molecule has 1 unspecified atom stereocenters. The predicted octanol–water partition coefficient (Wildman–Crippen LogP) is 1.74. The Balaban J connectivity index is 2.74. The molecule has 0 saturated heterocycles. The van der Waals surface area contributed by atoms with Gasteiger partial charge in [0.15, 0.2) is 0 Å². The summed E-state index contributed by atoms with van der Waals surface area (Å²) in [6.07, 6.45) is 3.12. The summed E-state index contributed by atoms with van der Waals surface area (Å²) in [6, 6.07) is -0.0279. The first-order valence-electron chi connectivity index (χ1n) is 5.87. The fraction of sp³-hybridized carbons (Fsp3) is 0.833. The number of ether oxygens (including phenoxy) is 1. The van der Waals surface area contributed by atoms with Crippen LogP contribution in [0.2, 0.25) is 0 Å². The summed E-state index contributed by atoms with van der Waals surface area (Å²) in [5, 5.41) is 0. The van der Waals surface area contributed by atoms with E-state index in [9.17, 15) is 0 Å². The number of hydrogen-bond acceptors (Lipinski definition) is 3. The molecule has 2 N–H and O–H groups in total. The minimum atomic E-state index is -0.0420. The second-order valence-corrected chi connectivity index (χ2v) is 4.55. The number of likely N-dealkylation sites (N-methyl/N-ethyl adjacent to an activating group) is 1. The van der Waals surface area contributed by atoms with Crippen LogP contribution < -0.4 is 5.73 Å². The molecule has 1 rings (SSSR count). The molecule has 0 aliphatic carbocycles. The predicted molar refractivity (Wildman–Crippen MR) is 63.6 cm³/mol. The lowest BCUT2D eigenvalue weighted by atomic mass is 9.91. The molecule has 1 aliphatic rings. The second kappa shape index (κ2) is 4.99. The first-order valence-corrected chi connectivity index (χ1v) is 5.87. The normalized spacial score (nSPS) is 18.9. The maximum absolute atomic E-state index is 6.27. The maximum Gasteiger partial charge on any atom is 0.111 e. The molecule has 1 heterocycles. The van der Waals surface area contributed by atoms with Crippen LogP contribution in [0.3, 0.4) is 0 Å². The molecule has 3 heteroatoms. The molecular weight excluding hydrogens is 188 g/mol. The van der Waals surface area contributed by atoms with E-state index < -0.39 is 0 Å². The van der Waals surface area contributed by atoms with Gasteiger partial charge >= 0.3 is 0 Å². The minimum absolute atomic E-state index is 0.0279. The van der Waals surface area contributed by atoms with E-state index in [0.29, 0.717) is 0 Å². The van der Waals surface area contributed by atoms with E-state index in [1.54, 1.807) is 0 Å². The molecule has 3 nitrogen and oxygen atoms in total. The summed E-state index contributed by atoms with van der Waals surface area (Å²) < 4.78 is 5.55. The van der Waals surface area contributed by atoms with Crippen molar-refractivity contribution >= 4 is 0 Å². The standard InChI is InChI=1S/C12H24N2O/c1-5-14(6-2)12(3,4)11(13)10-8-7-9-15-10/h8,11H,5-7,9,13H2,1-4H3. The van der Waals surface area contributed by atoms with Gasteiger partial charge in [-0.25, -0.2) is 0 Å². The van der Waals surface area contributed by atoms with Crippen LogP contribution in [0.4, 0.5) is 0 Å². The molecule has 0 bridgehead atoms. The van der Waals surface area contributed by atoms with Crippen LogP contribution in [-0.2, 0) is 4.74 Å². The van der Waals surface area contributed by atoms with Crippen molar-refractivity contribution in [2.75, 3.05) is 19.7 Å². The molecule has 0 aromatic heterocycles. The van der Waals surface area contributed by atoms with E-state index in [-0.39, 0.29) is 11.6 Å². The summed E-state index contributed by atoms with van der Waals surface area (Å²) in [5.41, 5.74) is 6.23. The highest BCUT2D eigenvalue weighted by atomic mass is 16.5. The van der Waals surface area contributed by atoms with Gasteiger partial charge in [-0.2, -0.15) is 0 Å². The average Bonchev–Trinajstić information content (AvgIpc) is 2.70. The molecule has 0 aromatic rings. The Morgan fingerprint density at radius 3 is 2.47 bits per heavy atom. The molecule has 1 aliphatic heterocycles. The van der Waals surface area contributed by atoms with Crippen LogP contribution in [0.15, 0.2) is 11.8 Å². The minimum Gasteiger partial charge on any atom is -0.496 e. The fourth-order valence-corrected chi connectivity index (χ4v) is 2.24. The Morgan fingerprint density at radius 2 is 2.07 bits per heavy atom. The number of rotatable bonds is 5. The summed E-state index contributed by atoms with van der Waals surface area (Å²) in [4.78, 5) is 2.38. The molecule has 0 spiro atoms. The van der Waals surface area contributed by atoms with Crippen LogP contribution in [0.25, 0.3) is 0 Å². The molecular formula is C12H24N2O. The molecule has 0 fully saturated rings. The number of nitrogens with two attached hydrogens (primary N) is 1. The first-order chi connectivity index (χ1) is 7.04. The van der Waals surface area contributed by atoms with Crippen LogP contribution in [0.5, 0.6) is 0 Å². The third-order valence-electron chi connectivity index (χ3n) is 3.38. The molecule has 0 saturated carbocycles. The lowest BCUT2D eigenvalue weighted by Gasteiger charge is -2.41. The SMILES string of the molecule is CCN(CC)C(C)(C)C(N)C1=CCCO1. The van der Waals surface area contributed by atoms with Gasteiger partial charge in [0.25, 0.3) is 0 Å². The van der Waals surface area contributed by atoms with Crippen LogP contribution in [0.1, 0.15) is 34.1 Å². The summed E-state index contributed by atoms with van der Waals surface area (Å²) in [5.74, 6) is 0.965. The van der Waals surface area contributed by atoms with Gasteiger partial charge in [-0.15, -0.1) is 0 Å². The molecule has 0 amide bonds. The lowest BCUT2D eigenvalue weighted by Crippen LogP contribution is -2.56. The van der Waals surface area contributed by atoms with Gasteiger partial charge in [0.05, 0.1) is 12.6 Å². The van der Waals surface area contributed by atoms with E-state index in [4.69, 9.17) is 10.5 Å². The van der Waals surface area contributed by atoms with E-state index in [1.807, 2.05) is 0 Å². The van der Waals surface area contributed by atoms with Gasteiger partial charge in [-0.3, -0.25) is 4.90 Å². The highest BCUT2D eigenvalue weighted by molar-refractivity contribution is 5.13. The van der Waals surface area contributed by atoms with E-state index in [0.717, 1.165) is 31.9 Å².